The molecule has 1 unspecified atom stereocenters. The monoisotopic (exact) mass is 251 g/mol. The van der Waals surface area contributed by atoms with Crippen LogP contribution < -0.4 is 5.32 Å². The maximum atomic E-state index is 10.7. The fourth-order valence-corrected chi connectivity index (χ4v) is 1.46. The first-order chi connectivity index (χ1) is 8.56. The lowest BCUT2D eigenvalue weighted by atomic mass is 10.2. The number of furan rings is 1. The van der Waals surface area contributed by atoms with E-state index in [0.717, 1.165) is 0 Å². The van der Waals surface area contributed by atoms with Crippen LogP contribution in [0.1, 0.15) is 41.0 Å². The number of hydrogen-bond acceptors (Lipinski definition) is 6. The van der Waals surface area contributed by atoms with E-state index in [1.807, 2.05) is 6.92 Å². The topological polar surface area (TPSA) is 101 Å². The van der Waals surface area contributed by atoms with Crippen LogP contribution in [0.15, 0.2) is 21.1 Å². The van der Waals surface area contributed by atoms with Gasteiger partial charge in [-0.1, -0.05) is 5.16 Å². The normalized spacial score (nSPS) is 12.6. The zero-order chi connectivity index (χ0) is 13.1. The van der Waals surface area contributed by atoms with Crippen molar-refractivity contribution in [2.45, 2.75) is 26.4 Å². The Morgan fingerprint density at radius 3 is 2.89 bits per heavy atom. The lowest BCUT2D eigenvalue weighted by Gasteiger charge is -2.08. The third-order valence-electron chi connectivity index (χ3n) is 2.40. The van der Waals surface area contributed by atoms with Crippen LogP contribution in [0.25, 0.3) is 0 Å². The minimum Gasteiger partial charge on any atom is -0.475 e. The lowest BCUT2D eigenvalue weighted by Crippen LogP contribution is -2.18. The molecule has 96 valence electrons. The quantitative estimate of drug-likeness (QED) is 0.830. The van der Waals surface area contributed by atoms with Crippen molar-refractivity contribution < 1.29 is 18.8 Å². The van der Waals surface area contributed by atoms with Crippen molar-refractivity contribution in [2.24, 2.45) is 0 Å². The summed E-state index contributed by atoms with van der Waals surface area (Å²) in [5.74, 6) is 0.443. The summed E-state index contributed by atoms with van der Waals surface area (Å²) in [6.07, 6.45) is 0. The molecule has 0 aromatic carbocycles. The number of carboxylic acid groups (broad SMARTS) is 1. The number of carbonyl (C=O) groups is 1. The highest BCUT2D eigenvalue weighted by Gasteiger charge is 2.14. The SMILES string of the molecule is Cc1nc(CNC(C)c2ccc(C(=O)O)o2)no1. The van der Waals surface area contributed by atoms with Crippen LogP contribution in [-0.4, -0.2) is 21.2 Å². The van der Waals surface area contributed by atoms with Gasteiger partial charge < -0.3 is 19.4 Å². The average Bonchev–Trinajstić information content (AvgIpc) is 2.94. The van der Waals surface area contributed by atoms with Gasteiger partial charge >= 0.3 is 5.97 Å². The summed E-state index contributed by atoms with van der Waals surface area (Å²) in [5, 5.41) is 15.6. The molecule has 7 heteroatoms. The van der Waals surface area contributed by atoms with Crippen LogP contribution in [0, 0.1) is 6.92 Å². The van der Waals surface area contributed by atoms with Crippen molar-refractivity contribution >= 4 is 5.97 Å². The molecule has 2 aromatic heterocycles. The largest absolute Gasteiger partial charge is 0.475 e. The van der Waals surface area contributed by atoms with Gasteiger partial charge in [-0.3, -0.25) is 0 Å². The summed E-state index contributed by atoms with van der Waals surface area (Å²) in [4.78, 5) is 14.7. The molecular formula is C11H13N3O4. The van der Waals surface area contributed by atoms with E-state index in [-0.39, 0.29) is 11.8 Å². The standard InChI is InChI=1S/C11H13N3O4/c1-6(8-3-4-9(17-8)11(15)16)12-5-10-13-7(2)18-14-10/h3-4,6,12H,5H2,1-2H3,(H,15,16). The summed E-state index contributed by atoms with van der Waals surface area (Å²) in [6, 6.07) is 2.91. The average molecular weight is 251 g/mol. The highest BCUT2D eigenvalue weighted by molar-refractivity contribution is 5.84. The Bertz CT molecular complexity index is 546. The molecule has 0 radical (unpaired) electrons. The minimum atomic E-state index is -1.08. The second-order valence-electron chi connectivity index (χ2n) is 3.84. The number of rotatable bonds is 5. The Hall–Kier alpha value is -2.15. The fraction of sp³-hybridized carbons (Fsp3) is 0.364. The number of aromatic nitrogens is 2. The van der Waals surface area contributed by atoms with Gasteiger partial charge in [0.15, 0.2) is 5.82 Å². The molecule has 0 aliphatic heterocycles. The molecule has 0 fully saturated rings. The van der Waals surface area contributed by atoms with E-state index < -0.39 is 5.97 Å². The van der Waals surface area contributed by atoms with Crippen molar-refractivity contribution in [3.63, 3.8) is 0 Å². The van der Waals surface area contributed by atoms with Crippen LogP contribution in [0.5, 0.6) is 0 Å². The van der Waals surface area contributed by atoms with E-state index in [9.17, 15) is 4.79 Å². The molecule has 18 heavy (non-hydrogen) atoms. The maximum absolute atomic E-state index is 10.7. The van der Waals surface area contributed by atoms with Gasteiger partial charge in [-0.05, 0) is 19.1 Å². The molecule has 0 spiro atoms. The van der Waals surface area contributed by atoms with Crippen LogP contribution >= 0.6 is 0 Å². The van der Waals surface area contributed by atoms with Gasteiger partial charge in [-0.15, -0.1) is 0 Å². The van der Waals surface area contributed by atoms with Crippen molar-refractivity contribution in [1.82, 2.24) is 15.5 Å². The Morgan fingerprint density at radius 1 is 1.56 bits per heavy atom. The number of aromatic carboxylic acids is 1. The van der Waals surface area contributed by atoms with Crippen LogP contribution in [0.2, 0.25) is 0 Å². The maximum Gasteiger partial charge on any atom is 0.371 e. The van der Waals surface area contributed by atoms with E-state index in [1.165, 1.54) is 6.07 Å². The second-order valence-corrected chi connectivity index (χ2v) is 3.84. The van der Waals surface area contributed by atoms with Gasteiger partial charge in [0.1, 0.15) is 5.76 Å². The van der Waals surface area contributed by atoms with E-state index >= 15 is 0 Å². The summed E-state index contributed by atoms with van der Waals surface area (Å²) in [7, 11) is 0. The number of carboxylic acids is 1. The number of nitrogens with one attached hydrogen (secondary N) is 1. The summed E-state index contributed by atoms with van der Waals surface area (Å²) in [5.41, 5.74) is 0. The smallest absolute Gasteiger partial charge is 0.371 e. The molecule has 2 N–H and O–H groups in total. The molecule has 1 atom stereocenters. The summed E-state index contributed by atoms with van der Waals surface area (Å²) >= 11 is 0. The molecule has 0 saturated heterocycles. The molecule has 2 rings (SSSR count). The zero-order valence-corrected chi connectivity index (χ0v) is 10.0. The van der Waals surface area contributed by atoms with Gasteiger partial charge in [0.2, 0.25) is 11.7 Å². The van der Waals surface area contributed by atoms with Crippen molar-refractivity contribution in [3.8, 4) is 0 Å². The third-order valence-corrected chi connectivity index (χ3v) is 2.40. The van der Waals surface area contributed by atoms with E-state index in [1.54, 1.807) is 13.0 Å². The molecule has 0 bridgehead atoms. The molecule has 0 aliphatic carbocycles. The van der Waals surface area contributed by atoms with Crippen molar-refractivity contribution in [1.29, 1.82) is 0 Å². The first kappa shape index (κ1) is 12.3. The molecular weight excluding hydrogens is 238 g/mol. The Kier molecular flexibility index (Phi) is 3.42. The van der Waals surface area contributed by atoms with E-state index in [4.69, 9.17) is 14.0 Å². The predicted molar refractivity (Wildman–Crippen MR) is 60.0 cm³/mol. The number of hydrogen-bond donors (Lipinski definition) is 2. The van der Waals surface area contributed by atoms with Crippen molar-refractivity contribution in [2.75, 3.05) is 0 Å². The highest BCUT2D eigenvalue weighted by Crippen LogP contribution is 2.16. The van der Waals surface area contributed by atoms with Crippen LogP contribution in [0.4, 0.5) is 0 Å². The first-order valence-electron chi connectivity index (χ1n) is 5.42. The molecule has 0 aliphatic rings. The van der Waals surface area contributed by atoms with Gasteiger partial charge in [0, 0.05) is 6.92 Å². The van der Waals surface area contributed by atoms with Crippen molar-refractivity contribution in [3.05, 3.63) is 35.4 Å². The number of aryl methyl sites for hydroxylation is 1. The second kappa shape index (κ2) is 5.01. The van der Waals surface area contributed by atoms with Crippen LogP contribution in [0.3, 0.4) is 0 Å². The Morgan fingerprint density at radius 2 is 2.33 bits per heavy atom. The molecule has 2 aromatic rings. The van der Waals surface area contributed by atoms with E-state index in [2.05, 4.69) is 15.5 Å². The fourth-order valence-electron chi connectivity index (χ4n) is 1.46. The molecule has 7 nitrogen and oxygen atoms in total. The Labute approximate surface area is 103 Å². The van der Waals surface area contributed by atoms with Gasteiger partial charge in [-0.25, -0.2) is 4.79 Å². The Balaban J connectivity index is 1.94. The molecule has 0 saturated carbocycles. The zero-order valence-electron chi connectivity index (χ0n) is 10.0. The third kappa shape index (κ3) is 2.75. The van der Waals surface area contributed by atoms with Gasteiger partial charge in [0.05, 0.1) is 12.6 Å². The minimum absolute atomic E-state index is 0.0749. The van der Waals surface area contributed by atoms with Gasteiger partial charge in [0.25, 0.3) is 0 Å². The number of nitrogens with zero attached hydrogens (tertiary/aromatic N) is 2. The van der Waals surface area contributed by atoms with Crippen LogP contribution in [-0.2, 0) is 6.54 Å². The highest BCUT2D eigenvalue weighted by atomic mass is 16.5. The predicted octanol–water partition coefficient (Wildman–Crippen LogP) is 1.52. The molecule has 2 heterocycles. The first-order valence-corrected chi connectivity index (χ1v) is 5.42. The molecule has 0 amide bonds. The summed E-state index contributed by atoms with van der Waals surface area (Å²) in [6.45, 7) is 3.99. The van der Waals surface area contributed by atoms with E-state index in [0.29, 0.717) is 24.0 Å². The van der Waals surface area contributed by atoms with Gasteiger partial charge in [-0.2, -0.15) is 4.98 Å². The summed E-state index contributed by atoms with van der Waals surface area (Å²) < 4.78 is 10.0. The lowest BCUT2D eigenvalue weighted by molar-refractivity contribution is 0.0659.